The Bertz CT molecular complexity index is 93.0. The highest BCUT2D eigenvalue weighted by molar-refractivity contribution is 5.59. The van der Waals surface area contributed by atoms with E-state index in [0.717, 1.165) is 0 Å². The van der Waals surface area contributed by atoms with Gasteiger partial charge in [0.15, 0.2) is 6.29 Å². The van der Waals surface area contributed by atoms with Gasteiger partial charge in [-0.2, -0.15) is 0 Å². The van der Waals surface area contributed by atoms with Crippen molar-refractivity contribution in [3.05, 3.63) is 0 Å². The third-order valence-corrected chi connectivity index (χ3v) is 0.889. The summed E-state index contributed by atoms with van der Waals surface area (Å²) in [5.74, 6) is -1.77. The molecule has 4 heteroatoms. The largest absolute Gasteiger partial charge is 0.379 e. The molecule has 9 heavy (non-hydrogen) atoms. The SMILES string of the molecule is COCC(O)(C=O)OC. The number of rotatable bonds is 4. The Balaban J connectivity index is 3.76. The van der Waals surface area contributed by atoms with Gasteiger partial charge in [0.1, 0.15) is 6.61 Å². The molecular weight excluding hydrogens is 124 g/mol. The summed E-state index contributed by atoms with van der Waals surface area (Å²) in [5, 5.41) is 8.91. The number of hydrogen-bond donors (Lipinski definition) is 1. The molecule has 0 aromatic carbocycles. The summed E-state index contributed by atoms with van der Waals surface area (Å²) in [5.41, 5.74) is 0. The molecule has 0 saturated carbocycles. The number of aliphatic hydroxyl groups is 1. The Labute approximate surface area is 53.4 Å². The molecule has 0 spiro atoms. The third kappa shape index (κ3) is 2.55. The number of aldehydes is 1. The normalized spacial score (nSPS) is 16.8. The molecule has 0 radical (unpaired) electrons. The lowest BCUT2D eigenvalue weighted by atomic mass is 10.3. The lowest BCUT2D eigenvalue weighted by Crippen LogP contribution is -2.37. The topological polar surface area (TPSA) is 55.8 Å². The summed E-state index contributed by atoms with van der Waals surface area (Å²) in [6.45, 7) is -0.146. The van der Waals surface area contributed by atoms with Gasteiger partial charge >= 0.3 is 0 Å². The van der Waals surface area contributed by atoms with E-state index >= 15 is 0 Å². The maximum Gasteiger partial charge on any atom is 0.247 e. The number of methoxy groups -OCH3 is 2. The number of carbonyl (C=O) groups is 1. The average molecular weight is 134 g/mol. The predicted molar refractivity (Wildman–Crippen MR) is 29.9 cm³/mol. The van der Waals surface area contributed by atoms with Crippen molar-refractivity contribution < 1.29 is 19.4 Å². The summed E-state index contributed by atoms with van der Waals surface area (Å²) in [4.78, 5) is 9.99. The fourth-order valence-electron chi connectivity index (χ4n) is 0.348. The summed E-state index contributed by atoms with van der Waals surface area (Å²) in [7, 11) is 2.60. The van der Waals surface area contributed by atoms with E-state index in [-0.39, 0.29) is 12.9 Å². The molecule has 4 nitrogen and oxygen atoms in total. The molecule has 0 aromatic rings. The van der Waals surface area contributed by atoms with Gasteiger partial charge in [-0.15, -0.1) is 0 Å². The van der Waals surface area contributed by atoms with E-state index in [1.807, 2.05) is 0 Å². The maximum atomic E-state index is 9.99. The van der Waals surface area contributed by atoms with E-state index in [0.29, 0.717) is 0 Å². The van der Waals surface area contributed by atoms with Crippen LogP contribution < -0.4 is 0 Å². The Morgan fingerprint density at radius 1 is 1.67 bits per heavy atom. The molecule has 0 saturated heterocycles. The van der Waals surface area contributed by atoms with Crippen LogP contribution >= 0.6 is 0 Å². The second kappa shape index (κ2) is 3.55. The van der Waals surface area contributed by atoms with E-state index in [9.17, 15) is 4.79 Å². The molecule has 54 valence electrons. The van der Waals surface area contributed by atoms with E-state index in [1.165, 1.54) is 14.2 Å². The van der Waals surface area contributed by atoms with Crippen molar-refractivity contribution in [2.24, 2.45) is 0 Å². The van der Waals surface area contributed by atoms with Gasteiger partial charge in [0.25, 0.3) is 0 Å². The quantitative estimate of drug-likeness (QED) is 0.402. The van der Waals surface area contributed by atoms with Gasteiger partial charge in [0, 0.05) is 14.2 Å². The van der Waals surface area contributed by atoms with Gasteiger partial charge < -0.3 is 14.6 Å². The third-order valence-electron chi connectivity index (χ3n) is 0.889. The van der Waals surface area contributed by atoms with E-state index in [1.54, 1.807) is 0 Å². The fourth-order valence-corrected chi connectivity index (χ4v) is 0.348. The first-order chi connectivity index (χ1) is 4.18. The van der Waals surface area contributed by atoms with Crippen LogP contribution in [-0.2, 0) is 14.3 Å². The zero-order valence-electron chi connectivity index (χ0n) is 5.46. The highest BCUT2D eigenvalue weighted by Crippen LogP contribution is 1.99. The number of ether oxygens (including phenoxy) is 2. The molecule has 0 aromatic heterocycles. The molecule has 0 fully saturated rings. The molecule has 1 N–H and O–H groups in total. The summed E-state index contributed by atoms with van der Waals surface area (Å²) < 4.78 is 8.87. The Morgan fingerprint density at radius 2 is 2.22 bits per heavy atom. The lowest BCUT2D eigenvalue weighted by molar-refractivity contribution is -0.199. The van der Waals surface area contributed by atoms with E-state index in [4.69, 9.17) is 5.11 Å². The first-order valence-corrected chi connectivity index (χ1v) is 2.41. The summed E-state index contributed by atoms with van der Waals surface area (Å²) in [6, 6.07) is 0. The van der Waals surface area contributed by atoms with Crippen LogP contribution in [0.15, 0.2) is 0 Å². The van der Waals surface area contributed by atoms with Crippen molar-refractivity contribution in [2.45, 2.75) is 5.79 Å². The van der Waals surface area contributed by atoms with Crippen LogP contribution in [0.5, 0.6) is 0 Å². The van der Waals surface area contributed by atoms with Crippen LogP contribution in [0.25, 0.3) is 0 Å². The predicted octanol–water partition coefficient (Wildman–Crippen LogP) is -0.833. The Morgan fingerprint density at radius 3 is 2.33 bits per heavy atom. The molecule has 1 unspecified atom stereocenters. The van der Waals surface area contributed by atoms with Crippen molar-refractivity contribution in [3.63, 3.8) is 0 Å². The lowest BCUT2D eigenvalue weighted by Gasteiger charge is -2.17. The van der Waals surface area contributed by atoms with Crippen LogP contribution in [0.1, 0.15) is 0 Å². The average Bonchev–Trinajstić information content (AvgIpc) is 1.89. The van der Waals surface area contributed by atoms with Crippen LogP contribution in [0.4, 0.5) is 0 Å². The summed E-state index contributed by atoms with van der Waals surface area (Å²) in [6.07, 6.45) is 0.288. The van der Waals surface area contributed by atoms with E-state index < -0.39 is 5.79 Å². The maximum absolute atomic E-state index is 9.99. The van der Waals surface area contributed by atoms with Crippen LogP contribution in [0.2, 0.25) is 0 Å². The Kier molecular flexibility index (Phi) is 3.37. The Hall–Kier alpha value is -0.450. The minimum atomic E-state index is -1.77. The van der Waals surface area contributed by atoms with Crippen LogP contribution in [-0.4, -0.2) is 38.0 Å². The van der Waals surface area contributed by atoms with Gasteiger partial charge in [-0.05, 0) is 0 Å². The number of carbonyl (C=O) groups excluding carboxylic acids is 1. The van der Waals surface area contributed by atoms with Crippen LogP contribution in [0.3, 0.4) is 0 Å². The molecule has 1 atom stereocenters. The zero-order valence-corrected chi connectivity index (χ0v) is 5.46. The molecular formula is C5H10O4. The minimum absolute atomic E-state index is 0.146. The standard InChI is InChI=1S/C5H10O4/c1-8-4-5(7,3-6)9-2/h3,7H,4H2,1-2H3. The first kappa shape index (κ1) is 8.55. The highest BCUT2D eigenvalue weighted by atomic mass is 16.6. The van der Waals surface area contributed by atoms with Crippen molar-refractivity contribution in [1.82, 2.24) is 0 Å². The zero-order chi connectivity index (χ0) is 7.33. The molecule has 0 rings (SSSR count). The van der Waals surface area contributed by atoms with Gasteiger partial charge in [0.2, 0.25) is 5.79 Å². The van der Waals surface area contributed by atoms with Crippen molar-refractivity contribution in [3.8, 4) is 0 Å². The minimum Gasteiger partial charge on any atom is -0.379 e. The monoisotopic (exact) mass is 134 g/mol. The first-order valence-electron chi connectivity index (χ1n) is 2.41. The molecule has 0 aliphatic heterocycles. The van der Waals surface area contributed by atoms with Gasteiger partial charge in [-0.25, -0.2) is 0 Å². The van der Waals surface area contributed by atoms with Gasteiger partial charge in [-0.1, -0.05) is 0 Å². The highest BCUT2D eigenvalue weighted by Gasteiger charge is 2.24. The van der Waals surface area contributed by atoms with Crippen molar-refractivity contribution in [2.75, 3.05) is 20.8 Å². The molecule has 0 heterocycles. The smallest absolute Gasteiger partial charge is 0.247 e. The second-order valence-electron chi connectivity index (χ2n) is 1.60. The fraction of sp³-hybridized carbons (Fsp3) is 0.800. The van der Waals surface area contributed by atoms with Gasteiger partial charge in [0.05, 0.1) is 0 Å². The summed E-state index contributed by atoms with van der Waals surface area (Å²) >= 11 is 0. The van der Waals surface area contributed by atoms with Crippen molar-refractivity contribution >= 4 is 6.29 Å². The van der Waals surface area contributed by atoms with Crippen molar-refractivity contribution in [1.29, 1.82) is 0 Å². The van der Waals surface area contributed by atoms with E-state index in [2.05, 4.69) is 9.47 Å². The van der Waals surface area contributed by atoms with Gasteiger partial charge in [-0.3, -0.25) is 4.79 Å². The molecule has 0 bridgehead atoms. The number of hydrogen-bond acceptors (Lipinski definition) is 4. The molecule has 0 amide bonds. The van der Waals surface area contributed by atoms with Crippen LogP contribution in [0, 0.1) is 0 Å². The molecule has 0 aliphatic rings. The molecule has 0 aliphatic carbocycles. The second-order valence-corrected chi connectivity index (χ2v) is 1.60.